The minimum absolute atomic E-state index is 0.169. The third-order valence-electron chi connectivity index (χ3n) is 4.58. The molecule has 0 fully saturated rings. The van der Waals surface area contributed by atoms with E-state index in [0.717, 1.165) is 27.6 Å². The summed E-state index contributed by atoms with van der Waals surface area (Å²) in [5.74, 6) is 0. The van der Waals surface area contributed by atoms with Gasteiger partial charge in [0, 0.05) is 30.4 Å². The number of nitrogens with zero attached hydrogens (tertiary/aromatic N) is 3. The molecule has 26 heavy (non-hydrogen) atoms. The van der Waals surface area contributed by atoms with E-state index in [1.165, 1.54) is 4.57 Å². The first kappa shape index (κ1) is 15.8. The van der Waals surface area contributed by atoms with Gasteiger partial charge in [-0.1, -0.05) is 36.4 Å². The molecule has 4 rings (SSSR count). The Morgan fingerprint density at radius 3 is 2.31 bits per heavy atom. The zero-order valence-corrected chi connectivity index (χ0v) is 14.2. The molecule has 0 aliphatic rings. The summed E-state index contributed by atoms with van der Waals surface area (Å²) in [6.07, 6.45) is 3.48. The van der Waals surface area contributed by atoms with Gasteiger partial charge in [0.2, 0.25) is 0 Å². The lowest BCUT2D eigenvalue weighted by Crippen LogP contribution is -2.20. The molecule has 0 N–H and O–H groups in total. The van der Waals surface area contributed by atoms with E-state index in [0.29, 0.717) is 11.1 Å². The molecule has 0 spiro atoms. The SMILES string of the molecule is Cn1c(C#N)c(-c2ccccc2)c2cc(-c3ccncc3)ccc2c1=O. The van der Waals surface area contributed by atoms with Crippen LogP contribution in [0.3, 0.4) is 0 Å². The number of pyridine rings is 2. The van der Waals surface area contributed by atoms with E-state index in [2.05, 4.69) is 11.1 Å². The van der Waals surface area contributed by atoms with Crippen LogP contribution in [0.4, 0.5) is 0 Å². The van der Waals surface area contributed by atoms with Crippen LogP contribution in [0.5, 0.6) is 0 Å². The summed E-state index contributed by atoms with van der Waals surface area (Å²) in [6, 6.07) is 21.5. The van der Waals surface area contributed by atoms with Crippen LogP contribution < -0.4 is 5.56 Å². The molecular formula is C22H15N3O. The van der Waals surface area contributed by atoms with Gasteiger partial charge in [-0.3, -0.25) is 9.78 Å². The highest BCUT2D eigenvalue weighted by molar-refractivity contribution is 6.00. The highest BCUT2D eigenvalue weighted by atomic mass is 16.1. The average Bonchev–Trinajstić information content (AvgIpc) is 2.71. The first-order chi connectivity index (χ1) is 12.7. The van der Waals surface area contributed by atoms with Crippen LogP contribution >= 0.6 is 0 Å². The molecule has 4 aromatic rings. The smallest absolute Gasteiger partial charge is 0.259 e. The quantitative estimate of drug-likeness (QED) is 0.552. The Balaban J connectivity index is 2.14. The number of rotatable bonds is 2. The van der Waals surface area contributed by atoms with Gasteiger partial charge in [-0.25, -0.2) is 0 Å². The van der Waals surface area contributed by atoms with Crippen molar-refractivity contribution in [1.29, 1.82) is 5.26 Å². The van der Waals surface area contributed by atoms with Crippen LogP contribution in [0.2, 0.25) is 0 Å². The molecule has 4 heteroatoms. The summed E-state index contributed by atoms with van der Waals surface area (Å²) in [7, 11) is 1.64. The summed E-state index contributed by atoms with van der Waals surface area (Å²) in [6.45, 7) is 0. The van der Waals surface area contributed by atoms with Gasteiger partial charge in [0.25, 0.3) is 5.56 Å². The molecule has 0 atom stereocenters. The molecule has 0 amide bonds. The van der Waals surface area contributed by atoms with Crippen molar-refractivity contribution < 1.29 is 0 Å². The normalized spacial score (nSPS) is 10.6. The van der Waals surface area contributed by atoms with E-state index in [4.69, 9.17) is 0 Å². The standard InChI is InChI=1S/C22H15N3O/c1-25-20(14-23)21(16-5-3-2-4-6-16)19-13-17(7-8-18(19)22(25)26)15-9-11-24-12-10-15/h2-13H,1H3. The predicted molar refractivity (Wildman–Crippen MR) is 103 cm³/mol. The van der Waals surface area contributed by atoms with Crippen LogP contribution in [0, 0.1) is 11.3 Å². The molecule has 0 saturated carbocycles. The predicted octanol–water partition coefficient (Wildman–Crippen LogP) is 4.14. The Morgan fingerprint density at radius 2 is 1.62 bits per heavy atom. The fourth-order valence-corrected chi connectivity index (χ4v) is 3.27. The Hall–Kier alpha value is -3.71. The highest BCUT2D eigenvalue weighted by Gasteiger charge is 2.16. The zero-order chi connectivity index (χ0) is 18.1. The number of aromatic nitrogens is 2. The minimum atomic E-state index is -0.169. The molecule has 0 aliphatic carbocycles. The lowest BCUT2D eigenvalue weighted by molar-refractivity contribution is 0.856. The average molecular weight is 337 g/mol. The summed E-state index contributed by atoms with van der Waals surface area (Å²) < 4.78 is 1.43. The van der Waals surface area contributed by atoms with Crippen LogP contribution in [0.1, 0.15) is 5.69 Å². The molecule has 0 unspecified atom stereocenters. The van der Waals surface area contributed by atoms with Crippen molar-refractivity contribution in [3.05, 3.63) is 89.1 Å². The number of hydrogen-bond donors (Lipinski definition) is 0. The van der Waals surface area contributed by atoms with Gasteiger partial charge in [0.05, 0.1) is 0 Å². The summed E-state index contributed by atoms with van der Waals surface area (Å²) in [5, 5.41) is 11.1. The Bertz CT molecular complexity index is 1200. The van der Waals surface area contributed by atoms with Crippen molar-refractivity contribution in [2.45, 2.75) is 0 Å². The maximum atomic E-state index is 12.7. The summed E-state index contributed by atoms with van der Waals surface area (Å²) in [5.41, 5.74) is 3.88. The zero-order valence-electron chi connectivity index (χ0n) is 14.2. The van der Waals surface area contributed by atoms with Crippen LogP contribution in [-0.4, -0.2) is 9.55 Å². The molecule has 2 aromatic heterocycles. The van der Waals surface area contributed by atoms with Gasteiger partial charge in [-0.2, -0.15) is 5.26 Å². The number of hydrogen-bond acceptors (Lipinski definition) is 3. The molecule has 0 saturated heterocycles. The molecule has 124 valence electrons. The fourth-order valence-electron chi connectivity index (χ4n) is 3.27. The van der Waals surface area contributed by atoms with E-state index in [9.17, 15) is 10.1 Å². The van der Waals surface area contributed by atoms with Crippen LogP contribution in [0.15, 0.2) is 77.9 Å². The van der Waals surface area contributed by atoms with Gasteiger partial charge in [0.1, 0.15) is 11.8 Å². The fraction of sp³-hybridized carbons (Fsp3) is 0.0455. The second-order valence-electron chi connectivity index (χ2n) is 6.06. The lowest BCUT2D eigenvalue weighted by atomic mass is 9.94. The third-order valence-corrected chi connectivity index (χ3v) is 4.58. The maximum absolute atomic E-state index is 12.7. The van der Waals surface area contributed by atoms with Gasteiger partial charge in [0.15, 0.2) is 0 Å². The monoisotopic (exact) mass is 337 g/mol. The molecule has 2 heterocycles. The molecule has 2 aromatic carbocycles. The molecule has 0 bridgehead atoms. The number of nitriles is 1. The van der Waals surface area contributed by atoms with E-state index in [-0.39, 0.29) is 5.56 Å². The first-order valence-electron chi connectivity index (χ1n) is 8.23. The highest BCUT2D eigenvalue weighted by Crippen LogP contribution is 2.32. The molecule has 4 nitrogen and oxygen atoms in total. The van der Waals surface area contributed by atoms with E-state index in [1.807, 2.05) is 60.7 Å². The number of benzene rings is 2. The van der Waals surface area contributed by atoms with Crippen LogP contribution in [0.25, 0.3) is 33.0 Å². The molecular weight excluding hydrogens is 322 g/mol. The van der Waals surface area contributed by atoms with Crippen LogP contribution in [-0.2, 0) is 7.05 Å². The molecule has 0 radical (unpaired) electrons. The first-order valence-corrected chi connectivity index (χ1v) is 8.23. The van der Waals surface area contributed by atoms with E-state index in [1.54, 1.807) is 19.4 Å². The maximum Gasteiger partial charge on any atom is 0.259 e. The number of fused-ring (bicyclic) bond motifs is 1. The second kappa shape index (κ2) is 6.30. The largest absolute Gasteiger partial charge is 0.302 e. The Labute approximate surface area is 150 Å². The second-order valence-corrected chi connectivity index (χ2v) is 6.06. The van der Waals surface area contributed by atoms with Crippen molar-refractivity contribution in [3.8, 4) is 28.3 Å². The topological polar surface area (TPSA) is 58.7 Å². The summed E-state index contributed by atoms with van der Waals surface area (Å²) >= 11 is 0. The van der Waals surface area contributed by atoms with Gasteiger partial charge < -0.3 is 4.57 Å². The van der Waals surface area contributed by atoms with E-state index < -0.39 is 0 Å². The van der Waals surface area contributed by atoms with Crippen molar-refractivity contribution in [2.24, 2.45) is 7.05 Å². The summed E-state index contributed by atoms with van der Waals surface area (Å²) in [4.78, 5) is 16.8. The third kappa shape index (κ3) is 2.47. The Morgan fingerprint density at radius 1 is 0.885 bits per heavy atom. The van der Waals surface area contributed by atoms with Crippen molar-refractivity contribution >= 4 is 10.8 Å². The minimum Gasteiger partial charge on any atom is -0.302 e. The van der Waals surface area contributed by atoms with Crippen molar-refractivity contribution in [1.82, 2.24) is 9.55 Å². The Kier molecular flexibility index (Phi) is 3.83. The van der Waals surface area contributed by atoms with Gasteiger partial charge in [-0.05, 0) is 46.3 Å². The van der Waals surface area contributed by atoms with Crippen molar-refractivity contribution in [3.63, 3.8) is 0 Å². The lowest BCUT2D eigenvalue weighted by Gasteiger charge is -2.14. The van der Waals surface area contributed by atoms with Gasteiger partial charge >= 0.3 is 0 Å². The van der Waals surface area contributed by atoms with Gasteiger partial charge in [-0.15, -0.1) is 0 Å². The van der Waals surface area contributed by atoms with E-state index >= 15 is 0 Å². The molecule has 0 aliphatic heterocycles. The van der Waals surface area contributed by atoms with Crippen molar-refractivity contribution in [2.75, 3.05) is 0 Å².